The topological polar surface area (TPSA) is 93.5 Å². The maximum atomic E-state index is 12.2. The molecule has 1 aliphatic carbocycles. The van der Waals surface area contributed by atoms with E-state index in [0.717, 1.165) is 19.3 Å². The molecule has 0 heterocycles. The predicted octanol–water partition coefficient (Wildman–Crippen LogP) is 0.0172. The van der Waals surface area contributed by atoms with Crippen LogP contribution in [0.3, 0.4) is 0 Å². The predicted molar refractivity (Wildman–Crippen MR) is 77.0 cm³/mol. The lowest BCUT2D eigenvalue weighted by Gasteiger charge is -2.32. The number of amides is 2. The van der Waals surface area contributed by atoms with Gasteiger partial charge >= 0.3 is 0 Å². The summed E-state index contributed by atoms with van der Waals surface area (Å²) in [5, 5.41) is 5.46. The van der Waals surface area contributed by atoms with Crippen LogP contribution in [0.15, 0.2) is 0 Å². The summed E-state index contributed by atoms with van der Waals surface area (Å²) in [4.78, 5) is 24.0. The van der Waals surface area contributed by atoms with Crippen molar-refractivity contribution in [3.05, 3.63) is 0 Å². The summed E-state index contributed by atoms with van der Waals surface area (Å²) in [6, 6.07) is -0.654. The van der Waals surface area contributed by atoms with Gasteiger partial charge in [-0.15, -0.1) is 0 Å². The molecule has 4 unspecified atom stereocenters. The molecular formula is C14H27N3O3. The van der Waals surface area contributed by atoms with Crippen molar-refractivity contribution in [2.45, 2.75) is 45.2 Å². The van der Waals surface area contributed by atoms with Crippen LogP contribution in [0.1, 0.15) is 33.1 Å². The number of methoxy groups -OCH3 is 1. The van der Waals surface area contributed by atoms with Crippen LogP contribution >= 0.6 is 0 Å². The average molecular weight is 285 g/mol. The lowest BCUT2D eigenvalue weighted by molar-refractivity contribution is -0.132. The Morgan fingerprint density at radius 2 is 2.10 bits per heavy atom. The van der Waals surface area contributed by atoms with E-state index in [0.29, 0.717) is 19.1 Å². The molecule has 6 nitrogen and oxygen atoms in total. The molecule has 2 amide bonds. The summed E-state index contributed by atoms with van der Waals surface area (Å²) in [5.41, 5.74) is 6.01. The van der Waals surface area contributed by atoms with Gasteiger partial charge in [0.2, 0.25) is 11.8 Å². The van der Waals surface area contributed by atoms with Crippen molar-refractivity contribution in [1.82, 2.24) is 10.6 Å². The molecule has 0 spiro atoms. The normalized spacial score (nSPS) is 27.7. The molecule has 0 aromatic heterocycles. The molecular weight excluding hydrogens is 258 g/mol. The van der Waals surface area contributed by atoms with Crippen LogP contribution in [0.25, 0.3) is 0 Å². The number of hydrogen-bond donors (Lipinski definition) is 3. The zero-order chi connectivity index (χ0) is 15.1. The second-order valence-electron chi connectivity index (χ2n) is 5.70. The van der Waals surface area contributed by atoms with Crippen molar-refractivity contribution in [3.63, 3.8) is 0 Å². The maximum Gasteiger partial charge on any atom is 0.242 e. The summed E-state index contributed by atoms with van der Waals surface area (Å²) in [6.45, 7) is 4.71. The van der Waals surface area contributed by atoms with Crippen LogP contribution in [-0.4, -0.2) is 44.2 Å². The van der Waals surface area contributed by atoms with E-state index in [-0.39, 0.29) is 23.8 Å². The van der Waals surface area contributed by atoms with E-state index in [9.17, 15) is 9.59 Å². The van der Waals surface area contributed by atoms with Crippen LogP contribution in [0.4, 0.5) is 0 Å². The zero-order valence-corrected chi connectivity index (χ0v) is 12.6. The van der Waals surface area contributed by atoms with Crippen molar-refractivity contribution in [1.29, 1.82) is 0 Å². The minimum absolute atomic E-state index is 0.102. The molecule has 0 saturated heterocycles. The molecule has 1 aliphatic rings. The van der Waals surface area contributed by atoms with E-state index in [2.05, 4.69) is 17.6 Å². The Morgan fingerprint density at radius 1 is 1.40 bits per heavy atom. The first-order valence-electron chi connectivity index (χ1n) is 7.28. The van der Waals surface area contributed by atoms with Gasteiger partial charge in [-0.05, 0) is 32.1 Å². The smallest absolute Gasteiger partial charge is 0.242 e. The highest BCUT2D eigenvalue weighted by Gasteiger charge is 2.32. The van der Waals surface area contributed by atoms with E-state index >= 15 is 0 Å². The van der Waals surface area contributed by atoms with Gasteiger partial charge in [0.25, 0.3) is 0 Å². The van der Waals surface area contributed by atoms with E-state index in [1.807, 2.05) is 0 Å². The molecule has 0 aromatic carbocycles. The number of hydrogen-bond acceptors (Lipinski definition) is 4. The molecule has 116 valence electrons. The SMILES string of the molecule is COCCNC(=O)C(C)NC(=O)C1CC(C)CCC1N. The number of rotatable bonds is 6. The highest BCUT2D eigenvalue weighted by atomic mass is 16.5. The summed E-state index contributed by atoms with van der Waals surface area (Å²) >= 11 is 0. The largest absolute Gasteiger partial charge is 0.383 e. The third-order valence-corrected chi connectivity index (χ3v) is 3.86. The number of nitrogens with one attached hydrogen (secondary N) is 2. The fraction of sp³-hybridized carbons (Fsp3) is 0.857. The van der Waals surface area contributed by atoms with Gasteiger partial charge in [0, 0.05) is 19.7 Å². The molecule has 1 saturated carbocycles. The highest BCUT2D eigenvalue weighted by Crippen LogP contribution is 2.28. The quantitative estimate of drug-likeness (QED) is 0.600. The van der Waals surface area contributed by atoms with Crippen LogP contribution in [0.2, 0.25) is 0 Å². The van der Waals surface area contributed by atoms with Gasteiger partial charge in [-0.3, -0.25) is 9.59 Å². The molecule has 0 aliphatic heterocycles. The first kappa shape index (κ1) is 16.9. The van der Waals surface area contributed by atoms with E-state index in [4.69, 9.17) is 10.5 Å². The molecule has 1 rings (SSSR count). The summed E-state index contributed by atoms with van der Waals surface area (Å²) in [7, 11) is 1.57. The Morgan fingerprint density at radius 3 is 2.75 bits per heavy atom. The van der Waals surface area contributed by atoms with Gasteiger partial charge in [0.15, 0.2) is 0 Å². The number of carbonyl (C=O) groups is 2. The van der Waals surface area contributed by atoms with E-state index in [1.165, 1.54) is 0 Å². The van der Waals surface area contributed by atoms with Gasteiger partial charge in [0.1, 0.15) is 6.04 Å². The minimum Gasteiger partial charge on any atom is -0.383 e. The highest BCUT2D eigenvalue weighted by molar-refractivity contribution is 5.88. The van der Waals surface area contributed by atoms with Crippen molar-refractivity contribution in [2.75, 3.05) is 20.3 Å². The third kappa shape index (κ3) is 5.09. The minimum atomic E-state index is -0.552. The summed E-state index contributed by atoms with van der Waals surface area (Å²) in [6.07, 6.45) is 2.73. The fourth-order valence-electron chi connectivity index (χ4n) is 2.52. The lowest BCUT2D eigenvalue weighted by atomic mass is 9.78. The van der Waals surface area contributed by atoms with Crippen LogP contribution < -0.4 is 16.4 Å². The maximum absolute atomic E-state index is 12.2. The van der Waals surface area contributed by atoms with Gasteiger partial charge in [0.05, 0.1) is 12.5 Å². The van der Waals surface area contributed by atoms with Crippen molar-refractivity contribution in [2.24, 2.45) is 17.6 Å². The van der Waals surface area contributed by atoms with E-state index in [1.54, 1.807) is 14.0 Å². The monoisotopic (exact) mass is 285 g/mol. The zero-order valence-electron chi connectivity index (χ0n) is 12.6. The second kappa shape index (κ2) is 8.21. The summed E-state index contributed by atoms with van der Waals surface area (Å²) < 4.78 is 4.86. The van der Waals surface area contributed by atoms with Gasteiger partial charge in [-0.2, -0.15) is 0 Å². The van der Waals surface area contributed by atoms with Crippen molar-refractivity contribution >= 4 is 11.8 Å². The average Bonchev–Trinajstić information content (AvgIpc) is 2.41. The Labute approximate surface area is 120 Å². The van der Waals surface area contributed by atoms with Gasteiger partial charge < -0.3 is 21.1 Å². The van der Waals surface area contributed by atoms with Gasteiger partial charge in [-0.25, -0.2) is 0 Å². The molecule has 1 fully saturated rings. The second-order valence-corrected chi connectivity index (χ2v) is 5.70. The molecule has 6 heteroatoms. The first-order chi connectivity index (χ1) is 9.45. The Kier molecular flexibility index (Phi) is 6.95. The van der Waals surface area contributed by atoms with Crippen molar-refractivity contribution < 1.29 is 14.3 Å². The summed E-state index contributed by atoms with van der Waals surface area (Å²) in [5.74, 6) is 0.00984. The molecule has 0 aromatic rings. The molecule has 0 radical (unpaired) electrons. The van der Waals surface area contributed by atoms with Crippen LogP contribution in [-0.2, 0) is 14.3 Å². The fourth-order valence-corrected chi connectivity index (χ4v) is 2.52. The number of nitrogens with two attached hydrogens (primary N) is 1. The van der Waals surface area contributed by atoms with Gasteiger partial charge in [-0.1, -0.05) is 6.92 Å². The standard InChI is InChI=1S/C14H27N3O3/c1-9-4-5-12(15)11(8-9)14(19)17-10(2)13(18)16-6-7-20-3/h9-12H,4-8,15H2,1-3H3,(H,16,18)(H,17,19). The van der Waals surface area contributed by atoms with Crippen molar-refractivity contribution in [3.8, 4) is 0 Å². The molecule has 4 atom stereocenters. The van der Waals surface area contributed by atoms with Crippen LogP contribution in [0, 0.1) is 11.8 Å². The molecule has 20 heavy (non-hydrogen) atoms. The van der Waals surface area contributed by atoms with Crippen LogP contribution in [0.5, 0.6) is 0 Å². The number of ether oxygens (including phenoxy) is 1. The lowest BCUT2D eigenvalue weighted by Crippen LogP contribution is -2.51. The Bertz CT molecular complexity index is 336. The van der Waals surface area contributed by atoms with E-state index < -0.39 is 6.04 Å². The first-order valence-corrected chi connectivity index (χ1v) is 7.28. The molecule has 0 bridgehead atoms. The Balaban J connectivity index is 2.41. The third-order valence-electron chi connectivity index (χ3n) is 3.86. The Hall–Kier alpha value is -1.14. The molecule has 4 N–H and O–H groups in total. The number of carbonyl (C=O) groups excluding carboxylic acids is 2.